The summed E-state index contributed by atoms with van der Waals surface area (Å²) in [7, 11) is -7.58. The number of anilines is 2. The van der Waals surface area contributed by atoms with Gasteiger partial charge < -0.3 is 15.2 Å². The molecule has 0 saturated heterocycles. The molecule has 2 aliphatic rings. The Morgan fingerprint density at radius 3 is 2.29 bits per heavy atom. The predicted octanol–water partition coefficient (Wildman–Crippen LogP) is 7.85. The van der Waals surface area contributed by atoms with Crippen LogP contribution in [0, 0.1) is 5.41 Å². The summed E-state index contributed by atoms with van der Waals surface area (Å²) >= 11 is 0. The summed E-state index contributed by atoms with van der Waals surface area (Å²) < 4.78 is 58.5. The molecular weight excluding hydrogens is 689 g/mol. The highest BCUT2D eigenvalue weighted by Crippen LogP contribution is 2.57. The first-order chi connectivity index (χ1) is 24.0. The van der Waals surface area contributed by atoms with E-state index in [1.54, 1.807) is 12.1 Å². The van der Waals surface area contributed by atoms with Gasteiger partial charge >= 0.3 is 0 Å². The maximum Gasteiger partial charge on any atom is 0.229 e. The lowest BCUT2D eigenvalue weighted by molar-refractivity contribution is -0.122. The molecule has 4 aromatic carbocycles. The van der Waals surface area contributed by atoms with Crippen LogP contribution in [-0.4, -0.2) is 40.5 Å². The number of ketones is 1. The van der Waals surface area contributed by atoms with Crippen molar-refractivity contribution >= 4 is 49.6 Å². The molecule has 4 aromatic rings. The molecule has 51 heavy (non-hydrogen) atoms. The maximum absolute atomic E-state index is 15.0. The maximum atomic E-state index is 15.0. The Morgan fingerprint density at radius 2 is 1.61 bits per heavy atom. The summed E-state index contributed by atoms with van der Waals surface area (Å²) in [4.78, 5) is 15.0. The highest BCUT2D eigenvalue weighted by Gasteiger charge is 2.50. The highest BCUT2D eigenvalue weighted by molar-refractivity contribution is 8.23. The zero-order valence-corrected chi connectivity index (χ0v) is 30.4. The van der Waals surface area contributed by atoms with Gasteiger partial charge in [0.1, 0.15) is 34.1 Å². The lowest BCUT2D eigenvalue weighted by Crippen LogP contribution is -2.53. The summed E-state index contributed by atoms with van der Waals surface area (Å²) in [6.07, 6.45) is 1.98. The molecule has 0 spiro atoms. The largest absolute Gasteiger partial charge is 0.506 e. The number of fused-ring (bicyclic) bond motifs is 2. The van der Waals surface area contributed by atoms with Crippen molar-refractivity contribution < 1.29 is 32.2 Å². The molecule has 6 rings (SSSR count). The summed E-state index contributed by atoms with van der Waals surface area (Å²) in [6.45, 7) is 7.01. The van der Waals surface area contributed by atoms with E-state index in [1.807, 2.05) is 66.7 Å². The van der Waals surface area contributed by atoms with Gasteiger partial charge in [-0.15, -0.1) is 4.40 Å². The van der Waals surface area contributed by atoms with Crippen LogP contribution in [0.3, 0.4) is 0 Å². The average molecular weight is 731 g/mol. The highest BCUT2D eigenvalue weighted by atomic mass is 32.3. The lowest BCUT2D eigenvalue weighted by Gasteiger charge is -2.42. The van der Waals surface area contributed by atoms with Crippen LogP contribution in [0.5, 0.6) is 5.75 Å². The van der Waals surface area contributed by atoms with E-state index < -0.39 is 32.1 Å². The molecule has 11 nitrogen and oxygen atoms in total. The fourth-order valence-electron chi connectivity index (χ4n) is 6.20. The van der Waals surface area contributed by atoms with Gasteiger partial charge in [0.15, 0.2) is 11.6 Å². The topological polar surface area (TPSA) is 170 Å². The van der Waals surface area contributed by atoms with Gasteiger partial charge in [-0.3, -0.25) is 23.9 Å². The van der Waals surface area contributed by atoms with E-state index in [0.717, 1.165) is 17.4 Å². The molecule has 1 unspecified atom stereocenters. The molecule has 1 aliphatic heterocycles. The second kappa shape index (κ2) is 13.8. The smallest absolute Gasteiger partial charge is 0.229 e. The number of rotatable bonds is 11. The number of hydrogen-bond acceptors (Lipinski definition) is 10. The monoisotopic (exact) mass is 730 g/mol. The van der Waals surface area contributed by atoms with Crippen molar-refractivity contribution in [3.8, 4) is 5.75 Å². The number of nitrogens with one attached hydrogen (secondary N) is 3. The van der Waals surface area contributed by atoms with E-state index in [-0.39, 0.29) is 38.9 Å². The van der Waals surface area contributed by atoms with Crippen LogP contribution >= 0.6 is 10.8 Å². The van der Waals surface area contributed by atoms with Gasteiger partial charge in [-0.25, -0.2) is 8.42 Å². The Labute approximate surface area is 300 Å². The summed E-state index contributed by atoms with van der Waals surface area (Å²) in [5, 5.41) is 18.3. The predicted molar refractivity (Wildman–Crippen MR) is 203 cm³/mol. The summed E-state index contributed by atoms with van der Waals surface area (Å²) in [6, 6.07) is 28.8. The summed E-state index contributed by atoms with van der Waals surface area (Å²) in [5.41, 5.74) is 1.61. The van der Waals surface area contributed by atoms with Crippen molar-refractivity contribution in [2.45, 2.75) is 57.2 Å². The van der Waals surface area contributed by atoms with Crippen LogP contribution in [0.1, 0.15) is 55.9 Å². The Kier molecular flexibility index (Phi) is 9.79. The summed E-state index contributed by atoms with van der Waals surface area (Å²) in [5.74, 6) is -0.320. The van der Waals surface area contributed by atoms with E-state index in [2.05, 4.69) is 40.5 Å². The van der Waals surface area contributed by atoms with Gasteiger partial charge in [-0.2, -0.15) is 0 Å². The number of carbonyl (C=O) groups is 1. The van der Waals surface area contributed by atoms with Crippen LogP contribution < -0.4 is 20.1 Å². The third-order valence-electron chi connectivity index (χ3n) is 8.80. The van der Waals surface area contributed by atoms with Crippen molar-refractivity contribution in [1.82, 2.24) is 5.32 Å². The van der Waals surface area contributed by atoms with Crippen molar-refractivity contribution in [3.63, 3.8) is 0 Å². The molecule has 6 N–H and O–H groups in total. The number of amidine groups is 1. The Hall–Kier alpha value is -4.66. The van der Waals surface area contributed by atoms with Crippen LogP contribution in [0.25, 0.3) is 5.76 Å². The minimum absolute atomic E-state index is 0.0584. The van der Waals surface area contributed by atoms with Crippen molar-refractivity contribution in [2.24, 2.45) is 9.81 Å². The number of benzene rings is 4. The fraction of sp³-hybridized carbons (Fsp3) is 0.263. The molecule has 13 heteroatoms. The molecule has 0 saturated carbocycles. The number of ether oxygens (including phenoxy) is 1. The van der Waals surface area contributed by atoms with Gasteiger partial charge in [0.05, 0.1) is 17.6 Å². The number of aliphatic hydroxyl groups excluding tert-OH is 1. The second-order valence-corrected chi connectivity index (χ2v) is 17.4. The molecule has 0 amide bonds. The molecule has 1 aliphatic carbocycles. The van der Waals surface area contributed by atoms with Crippen molar-refractivity contribution in [2.75, 3.05) is 16.3 Å². The van der Waals surface area contributed by atoms with Gasteiger partial charge in [0, 0.05) is 12.1 Å². The third kappa shape index (κ3) is 7.97. The van der Waals surface area contributed by atoms with Crippen molar-refractivity contribution in [1.29, 1.82) is 0 Å². The second-order valence-electron chi connectivity index (χ2n) is 14.0. The molecule has 268 valence electrons. The lowest BCUT2D eigenvalue weighted by atomic mass is 9.69. The van der Waals surface area contributed by atoms with Crippen LogP contribution in [0.4, 0.5) is 11.4 Å². The van der Waals surface area contributed by atoms with E-state index >= 15 is 4.79 Å². The minimum Gasteiger partial charge on any atom is -0.506 e. The first-order valence-corrected chi connectivity index (χ1v) is 19.8. The Morgan fingerprint density at radius 1 is 0.922 bits per heavy atom. The van der Waals surface area contributed by atoms with Crippen LogP contribution in [0.15, 0.2) is 112 Å². The minimum atomic E-state index is -3.94. The Bertz CT molecular complexity index is 2130. The molecule has 1 atom stereocenters. The molecule has 0 aromatic heterocycles. The molecule has 0 radical (unpaired) electrons. The van der Waals surface area contributed by atoms with Crippen molar-refractivity contribution in [3.05, 3.63) is 125 Å². The Balaban J connectivity index is 1.35. The van der Waals surface area contributed by atoms with Crippen LogP contribution in [0.2, 0.25) is 0 Å². The molecule has 0 bridgehead atoms. The van der Waals surface area contributed by atoms with Gasteiger partial charge in [0.25, 0.3) is 0 Å². The molecular formula is C38H42N4O7S2. The van der Waals surface area contributed by atoms with Gasteiger partial charge in [0.2, 0.25) is 10.0 Å². The van der Waals surface area contributed by atoms with Crippen LogP contribution in [-0.2, 0) is 33.5 Å². The number of nitrogens with zero attached hydrogens (tertiary/aromatic N) is 1. The fourth-order valence-corrected chi connectivity index (χ4v) is 7.94. The van der Waals surface area contributed by atoms with E-state index in [4.69, 9.17) is 4.74 Å². The quantitative estimate of drug-likeness (QED) is 0.0900. The SMILES string of the molecule is CC(C)(C)CCC1(NCc2ccc(OCc3ccccc3)cc2)C(=O)C(C2=NS(O)(O)c3cc(NS(C)(=O)=O)ccc3N2)=C(O)c2ccccc21. The zero-order valence-electron chi connectivity index (χ0n) is 28.8. The van der Waals surface area contributed by atoms with Gasteiger partial charge in [-0.05, 0) is 65.3 Å². The number of sulfonamides is 1. The van der Waals surface area contributed by atoms with Gasteiger partial charge in [-0.1, -0.05) is 98.3 Å². The van der Waals surface area contributed by atoms with E-state index in [9.17, 15) is 22.6 Å². The number of hydrogen-bond donors (Lipinski definition) is 6. The standard InChI is InChI=1S/C38H42N4O7S2/c1-37(2,3)20-21-38(39-23-25-14-17-28(18-15-25)49-24-26-10-6-5-7-11-26)30-13-9-8-12-29(30)34(43)33(35(38)44)36-40-31-19-16-27(41-50(4,45)46)22-32(31)51(47,48)42-36/h5-19,22,39,41,43,47-48H,20-21,23-24H2,1-4H3,(H,40,42). The molecule has 1 heterocycles. The molecule has 0 fully saturated rings. The first kappa shape index (κ1) is 36.1. The first-order valence-electron chi connectivity index (χ1n) is 16.4. The normalized spacial score (nSPS) is 18.9. The number of carbonyl (C=O) groups excluding carboxylic acids is 1. The number of aliphatic hydroxyl groups is 1. The van der Waals surface area contributed by atoms with E-state index in [1.165, 1.54) is 18.2 Å². The number of Topliss-reactive ketones (excluding diaryl/α,β-unsaturated/α-hetero) is 1. The van der Waals surface area contributed by atoms with E-state index in [0.29, 0.717) is 42.9 Å². The zero-order chi connectivity index (χ0) is 36.6. The third-order valence-corrected chi connectivity index (χ3v) is 10.8. The average Bonchev–Trinajstić information content (AvgIpc) is 3.07.